The summed E-state index contributed by atoms with van der Waals surface area (Å²) in [7, 11) is 3.78. The summed E-state index contributed by atoms with van der Waals surface area (Å²) in [5, 5.41) is 1.23. The van der Waals surface area contributed by atoms with Crippen molar-refractivity contribution in [1.82, 2.24) is 4.57 Å². The van der Waals surface area contributed by atoms with Crippen LogP contribution in [0.2, 0.25) is 0 Å². The van der Waals surface area contributed by atoms with Gasteiger partial charge in [0.25, 0.3) is 0 Å². The lowest BCUT2D eigenvalue weighted by Crippen LogP contribution is -2.26. The third-order valence-electron chi connectivity index (χ3n) is 4.24. The summed E-state index contributed by atoms with van der Waals surface area (Å²) in [5.74, 6) is 1.55. The van der Waals surface area contributed by atoms with Crippen molar-refractivity contribution in [2.75, 3.05) is 7.11 Å². The fraction of sp³-hybridized carbons (Fsp3) is 0.467. The quantitative estimate of drug-likeness (QED) is 0.901. The van der Waals surface area contributed by atoms with Crippen LogP contribution in [0.25, 0.3) is 10.9 Å². The van der Waals surface area contributed by atoms with Crippen LogP contribution in [0.15, 0.2) is 24.4 Å². The first-order valence-corrected chi connectivity index (χ1v) is 6.59. The Balaban J connectivity index is 2.09. The molecule has 1 aromatic carbocycles. The third-order valence-corrected chi connectivity index (χ3v) is 4.24. The van der Waals surface area contributed by atoms with Crippen molar-refractivity contribution < 1.29 is 4.74 Å². The number of rotatable bonds is 3. The SMILES string of the molecule is COc1ccc2c(c1)c(C(N)C1CCC1)cn2C. The molecule has 1 heterocycles. The lowest BCUT2D eigenvalue weighted by Gasteiger charge is -2.31. The Labute approximate surface area is 108 Å². The van der Waals surface area contributed by atoms with Gasteiger partial charge in [0, 0.05) is 30.2 Å². The van der Waals surface area contributed by atoms with Gasteiger partial charge >= 0.3 is 0 Å². The summed E-state index contributed by atoms with van der Waals surface area (Å²) in [4.78, 5) is 0. The Bertz CT molecular complexity index is 569. The highest BCUT2D eigenvalue weighted by Gasteiger charge is 2.27. The molecular weight excluding hydrogens is 224 g/mol. The first-order valence-electron chi connectivity index (χ1n) is 6.59. The van der Waals surface area contributed by atoms with Crippen molar-refractivity contribution >= 4 is 10.9 Å². The van der Waals surface area contributed by atoms with Crippen molar-refractivity contribution in [3.05, 3.63) is 30.0 Å². The highest BCUT2D eigenvalue weighted by Crippen LogP contribution is 2.39. The second-order valence-electron chi connectivity index (χ2n) is 5.30. The van der Waals surface area contributed by atoms with Gasteiger partial charge in [-0.1, -0.05) is 6.42 Å². The minimum atomic E-state index is 0.162. The van der Waals surface area contributed by atoms with E-state index in [1.165, 1.54) is 35.7 Å². The molecule has 0 saturated heterocycles. The Hall–Kier alpha value is -1.48. The number of methoxy groups -OCH3 is 1. The van der Waals surface area contributed by atoms with Gasteiger partial charge in [-0.3, -0.25) is 0 Å². The van der Waals surface area contributed by atoms with Crippen molar-refractivity contribution in [3.8, 4) is 5.75 Å². The minimum absolute atomic E-state index is 0.162. The summed E-state index contributed by atoms with van der Waals surface area (Å²) >= 11 is 0. The number of nitrogens with two attached hydrogens (primary N) is 1. The van der Waals surface area contributed by atoms with E-state index in [0.717, 1.165) is 5.75 Å². The van der Waals surface area contributed by atoms with E-state index in [9.17, 15) is 0 Å². The van der Waals surface area contributed by atoms with Gasteiger partial charge < -0.3 is 15.0 Å². The molecule has 1 aliphatic rings. The molecule has 3 rings (SSSR count). The molecule has 1 atom stereocenters. The van der Waals surface area contributed by atoms with Gasteiger partial charge in [-0.15, -0.1) is 0 Å². The van der Waals surface area contributed by atoms with Gasteiger partial charge in [-0.2, -0.15) is 0 Å². The molecule has 3 nitrogen and oxygen atoms in total. The van der Waals surface area contributed by atoms with Crippen LogP contribution in [-0.4, -0.2) is 11.7 Å². The van der Waals surface area contributed by atoms with Crippen LogP contribution in [0.4, 0.5) is 0 Å². The first-order chi connectivity index (χ1) is 8.70. The fourth-order valence-electron chi connectivity index (χ4n) is 2.85. The van der Waals surface area contributed by atoms with E-state index in [4.69, 9.17) is 10.5 Å². The lowest BCUT2D eigenvalue weighted by atomic mass is 9.77. The number of hydrogen-bond acceptors (Lipinski definition) is 2. The van der Waals surface area contributed by atoms with Crippen LogP contribution in [-0.2, 0) is 7.05 Å². The second-order valence-corrected chi connectivity index (χ2v) is 5.30. The number of ether oxygens (including phenoxy) is 1. The number of benzene rings is 1. The first kappa shape index (κ1) is 11.6. The van der Waals surface area contributed by atoms with E-state index in [1.807, 2.05) is 6.07 Å². The maximum absolute atomic E-state index is 6.42. The molecule has 0 amide bonds. The summed E-state index contributed by atoms with van der Waals surface area (Å²) in [6, 6.07) is 6.37. The molecule has 1 fully saturated rings. The monoisotopic (exact) mass is 244 g/mol. The van der Waals surface area contributed by atoms with Gasteiger partial charge in [0.1, 0.15) is 5.75 Å². The van der Waals surface area contributed by atoms with Gasteiger partial charge in [0.05, 0.1) is 7.11 Å². The van der Waals surface area contributed by atoms with Crippen molar-refractivity contribution in [3.63, 3.8) is 0 Å². The fourth-order valence-corrected chi connectivity index (χ4v) is 2.85. The van der Waals surface area contributed by atoms with Gasteiger partial charge in [-0.05, 0) is 42.5 Å². The number of nitrogens with zero attached hydrogens (tertiary/aromatic N) is 1. The molecule has 2 aromatic rings. The van der Waals surface area contributed by atoms with E-state index in [2.05, 4.69) is 29.9 Å². The minimum Gasteiger partial charge on any atom is -0.497 e. The average molecular weight is 244 g/mol. The summed E-state index contributed by atoms with van der Waals surface area (Å²) in [6.45, 7) is 0. The molecule has 1 unspecified atom stereocenters. The number of hydrogen-bond donors (Lipinski definition) is 1. The van der Waals surface area contributed by atoms with Crippen LogP contribution in [0.3, 0.4) is 0 Å². The molecule has 0 aliphatic heterocycles. The zero-order chi connectivity index (χ0) is 12.7. The van der Waals surface area contributed by atoms with E-state index in [1.54, 1.807) is 7.11 Å². The number of fused-ring (bicyclic) bond motifs is 1. The molecule has 18 heavy (non-hydrogen) atoms. The Morgan fingerprint density at radius 3 is 2.78 bits per heavy atom. The highest BCUT2D eigenvalue weighted by atomic mass is 16.5. The van der Waals surface area contributed by atoms with Crippen molar-refractivity contribution in [2.24, 2.45) is 18.7 Å². The van der Waals surface area contributed by atoms with Crippen LogP contribution in [0.5, 0.6) is 5.75 Å². The Morgan fingerprint density at radius 2 is 2.17 bits per heavy atom. The van der Waals surface area contributed by atoms with Crippen LogP contribution in [0, 0.1) is 5.92 Å². The molecule has 3 heteroatoms. The van der Waals surface area contributed by atoms with E-state index >= 15 is 0 Å². The molecular formula is C15H20N2O. The average Bonchev–Trinajstić information content (AvgIpc) is 2.64. The second kappa shape index (κ2) is 4.32. The normalized spacial score (nSPS) is 17.7. The molecule has 0 bridgehead atoms. The van der Waals surface area contributed by atoms with Gasteiger partial charge in [-0.25, -0.2) is 0 Å². The highest BCUT2D eigenvalue weighted by molar-refractivity contribution is 5.86. The predicted molar refractivity (Wildman–Crippen MR) is 73.7 cm³/mol. The molecule has 2 N–H and O–H groups in total. The predicted octanol–water partition coefficient (Wildman–Crippen LogP) is 2.99. The summed E-state index contributed by atoms with van der Waals surface area (Å²) in [6.07, 6.45) is 6.03. The van der Waals surface area contributed by atoms with E-state index in [0.29, 0.717) is 5.92 Å². The molecule has 1 aromatic heterocycles. The third kappa shape index (κ3) is 1.70. The standard InChI is InChI=1S/C15H20N2O/c1-17-9-13(15(16)10-4-3-5-10)12-8-11(18-2)6-7-14(12)17/h6-10,15H,3-5,16H2,1-2H3. The zero-order valence-corrected chi connectivity index (χ0v) is 11.0. The molecule has 1 saturated carbocycles. The number of aryl methyl sites for hydroxylation is 1. The molecule has 1 aliphatic carbocycles. The van der Waals surface area contributed by atoms with Gasteiger partial charge in [0.2, 0.25) is 0 Å². The Morgan fingerprint density at radius 1 is 1.39 bits per heavy atom. The smallest absolute Gasteiger partial charge is 0.119 e. The molecule has 96 valence electrons. The largest absolute Gasteiger partial charge is 0.497 e. The summed E-state index contributed by atoms with van der Waals surface area (Å²) in [5.41, 5.74) is 8.90. The van der Waals surface area contributed by atoms with Crippen LogP contribution >= 0.6 is 0 Å². The maximum Gasteiger partial charge on any atom is 0.119 e. The molecule has 0 spiro atoms. The number of aromatic nitrogens is 1. The van der Waals surface area contributed by atoms with E-state index in [-0.39, 0.29) is 6.04 Å². The van der Waals surface area contributed by atoms with E-state index < -0.39 is 0 Å². The Kier molecular flexibility index (Phi) is 2.78. The van der Waals surface area contributed by atoms with Crippen molar-refractivity contribution in [2.45, 2.75) is 25.3 Å². The molecule has 0 radical (unpaired) electrons. The topological polar surface area (TPSA) is 40.2 Å². The van der Waals surface area contributed by atoms with Crippen LogP contribution < -0.4 is 10.5 Å². The zero-order valence-electron chi connectivity index (χ0n) is 11.0. The summed E-state index contributed by atoms with van der Waals surface area (Å²) < 4.78 is 7.47. The van der Waals surface area contributed by atoms with Crippen LogP contribution in [0.1, 0.15) is 30.9 Å². The van der Waals surface area contributed by atoms with Gasteiger partial charge in [0.15, 0.2) is 0 Å². The van der Waals surface area contributed by atoms with Crippen molar-refractivity contribution in [1.29, 1.82) is 0 Å². The maximum atomic E-state index is 6.42. The lowest BCUT2D eigenvalue weighted by molar-refractivity contribution is 0.265.